The van der Waals surface area contributed by atoms with E-state index in [-0.39, 0.29) is 81.1 Å². The Balaban J connectivity index is 1.42. The number of aromatic carboxylic acids is 1. The van der Waals surface area contributed by atoms with Gasteiger partial charge in [0.15, 0.2) is 21.3 Å². The van der Waals surface area contributed by atoms with Crippen LogP contribution in [0.4, 0.5) is 39.8 Å². The molecule has 0 atom stereocenters. The second-order valence-corrected chi connectivity index (χ2v) is 18.0. The Bertz CT molecular complexity index is 3110. The highest BCUT2D eigenvalue weighted by Gasteiger charge is 2.22. The van der Waals surface area contributed by atoms with E-state index in [2.05, 4.69) is 63.0 Å². The third-order valence-corrected chi connectivity index (χ3v) is 12.4. The highest BCUT2D eigenvalue weighted by molar-refractivity contribution is 7.95. The van der Waals surface area contributed by atoms with Gasteiger partial charge in [-0.2, -0.15) is 23.8 Å². The van der Waals surface area contributed by atoms with Crippen LogP contribution in [0.5, 0.6) is 11.5 Å². The van der Waals surface area contributed by atoms with Gasteiger partial charge in [-0.3, -0.25) is 4.55 Å². The first kappa shape index (κ1) is 49.5. The highest BCUT2D eigenvalue weighted by Crippen LogP contribution is 2.50. The van der Waals surface area contributed by atoms with Crippen LogP contribution in [0.15, 0.2) is 135 Å². The number of aromatic hydroxyl groups is 2. The number of carboxylic acids is 1. The predicted octanol–water partition coefficient (Wildman–Crippen LogP) is 9.81. The third kappa shape index (κ3) is 12.5. The molecule has 0 heterocycles. The van der Waals surface area contributed by atoms with Crippen LogP contribution in [0.25, 0.3) is 21.5 Å². The van der Waals surface area contributed by atoms with Gasteiger partial charge in [0.2, 0.25) is 0 Å². The van der Waals surface area contributed by atoms with Crippen molar-refractivity contribution < 1.29 is 89.6 Å². The molecule has 0 saturated heterocycles. The van der Waals surface area contributed by atoms with Crippen LogP contribution in [0.2, 0.25) is 0 Å². The quantitative estimate of drug-likeness (QED) is 0.00829. The molecule has 6 rings (SSSR count). The number of phenolic OH excluding ortho intramolecular Hbond substituents is 2. The summed E-state index contributed by atoms with van der Waals surface area (Å²) < 4.78 is 73.5. The molecule has 0 spiro atoms. The number of hydrogen-bond donors (Lipinski definition) is 8. The number of carbonyl (C=O) groups is 1. The average molecular weight is 1010 g/mol. The summed E-state index contributed by atoms with van der Waals surface area (Å²) in [6.45, 7) is -0.855. The number of fused-ring (bicyclic) bond motifs is 2. The first-order chi connectivity index (χ1) is 31.5. The van der Waals surface area contributed by atoms with Crippen LogP contribution in [0.3, 0.4) is 0 Å². The topological polar surface area (TPSA) is 392 Å². The number of nitrogens with zero attached hydrogens (tertiary/aromatic N) is 6. The molecule has 0 fully saturated rings. The predicted molar refractivity (Wildman–Crippen MR) is 230 cm³/mol. The van der Waals surface area contributed by atoms with Gasteiger partial charge in [0.05, 0.1) is 96.9 Å². The molecule has 0 radical (unpaired) electrons. The summed E-state index contributed by atoms with van der Waals surface area (Å²) in [6.07, 6.45) is 0. The number of hydrogen-bond acceptors (Lipinski definition) is 27. The smallest absolute Gasteiger partial charge is 0.397 e. The second-order valence-electron chi connectivity index (χ2n) is 12.5. The summed E-state index contributed by atoms with van der Waals surface area (Å²) in [5.41, 5.74) is 5.21. The van der Waals surface area contributed by atoms with Crippen molar-refractivity contribution in [2.45, 2.75) is 19.6 Å². The first-order valence-corrected chi connectivity index (χ1v) is 22.7. The van der Waals surface area contributed by atoms with Crippen molar-refractivity contribution in [3.63, 3.8) is 0 Å². The average Bonchev–Trinajstić information content (AvgIpc) is 3.28. The maximum atomic E-state index is 12.6. The van der Waals surface area contributed by atoms with E-state index in [1.807, 2.05) is 0 Å². The molecule has 0 unspecified atom stereocenters. The molecule has 0 aliphatic carbocycles. The largest absolute Gasteiger partial charge is 0.505 e. The van der Waals surface area contributed by atoms with Crippen LogP contribution in [-0.4, -0.2) is 70.8 Å². The van der Waals surface area contributed by atoms with Crippen LogP contribution in [0, 0.1) is 0 Å². The molecule has 0 amide bonds. The number of rotatable bonds is 21. The zero-order valence-corrected chi connectivity index (χ0v) is 36.4. The summed E-state index contributed by atoms with van der Waals surface area (Å²) in [5.74, 6) is -3.20. The zero-order chi connectivity index (χ0) is 47.6. The van der Waals surface area contributed by atoms with E-state index in [0.29, 0.717) is 41.5 Å². The number of phenols is 2. The summed E-state index contributed by atoms with van der Waals surface area (Å²) in [6, 6.07) is 18.8. The van der Waals surface area contributed by atoms with E-state index in [1.54, 1.807) is 6.07 Å². The molecular weight excluding hydrogens is 983 g/mol. The van der Waals surface area contributed by atoms with E-state index in [4.69, 9.17) is 26.1 Å². The first-order valence-electron chi connectivity index (χ1n) is 17.4. The minimum absolute atomic E-state index is 0.0213. The van der Waals surface area contributed by atoms with Gasteiger partial charge >= 0.3 is 16.4 Å². The molecule has 26 nitrogen and oxygen atoms in total. The van der Waals surface area contributed by atoms with Gasteiger partial charge in [0.1, 0.15) is 11.4 Å². The number of carboxylic acid groups (broad SMARTS) is 1. The number of nitrogen functional groups attached to an aromatic ring is 1. The minimum atomic E-state index is -4.87. The van der Waals surface area contributed by atoms with Crippen molar-refractivity contribution in [1.29, 1.82) is 0 Å². The maximum absolute atomic E-state index is 12.6. The molecule has 6 aromatic carbocycles. The Labute approximate surface area is 381 Å². The second kappa shape index (κ2) is 22.0. The standard InChI is InChI=1S/C35H27N7O19S5/c36-26-8-5-21(15-25(26)35(45)46)39-38-20-2-1-17-12-28(63-60-57-48)31(33(43)24(17)14-20)42-40-27-16-22(62-59-56-47)11-18-13-29(64-61-58-49)32(34(44)30(18)27)41-37-19-3-6-23(7-4-19)65(50,51)10-9-55-66(52,53)54/h1-8,11-16,43-44,47-49H,9-10,36H2,(H,45,46)(H,52,53,54). The molecule has 0 aliphatic heterocycles. The molecule has 6 aromatic rings. The lowest BCUT2D eigenvalue weighted by molar-refractivity contribution is -0.432. The van der Waals surface area contributed by atoms with Gasteiger partial charge in [0.25, 0.3) is 0 Å². The Morgan fingerprint density at radius 3 is 1.83 bits per heavy atom. The lowest BCUT2D eigenvalue weighted by atomic mass is 10.1. The van der Waals surface area contributed by atoms with Crippen molar-refractivity contribution in [3.05, 3.63) is 90.5 Å². The number of sulfone groups is 1. The van der Waals surface area contributed by atoms with Gasteiger partial charge in [-0.1, -0.05) is 21.2 Å². The van der Waals surface area contributed by atoms with Crippen molar-refractivity contribution >= 4 is 124 Å². The Hall–Kier alpha value is -5.98. The molecule has 66 heavy (non-hydrogen) atoms. The van der Waals surface area contributed by atoms with Crippen LogP contribution < -0.4 is 5.73 Å². The Morgan fingerprint density at radius 2 is 1.20 bits per heavy atom. The van der Waals surface area contributed by atoms with E-state index in [0.717, 1.165) is 12.1 Å². The summed E-state index contributed by atoms with van der Waals surface area (Å²) in [4.78, 5) is 11.4. The molecule has 31 heteroatoms. The van der Waals surface area contributed by atoms with Crippen molar-refractivity contribution in [1.82, 2.24) is 0 Å². The normalized spacial score (nSPS) is 12.4. The Morgan fingerprint density at radius 1 is 0.636 bits per heavy atom. The van der Waals surface area contributed by atoms with Crippen LogP contribution in [0.1, 0.15) is 10.4 Å². The molecule has 0 aromatic heterocycles. The van der Waals surface area contributed by atoms with Gasteiger partial charge < -0.3 is 21.1 Å². The monoisotopic (exact) mass is 1010 g/mol. The minimum Gasteiger partial charge on any atom is -0.505 e. The van der Waals surface area contributed by atoms with E-state index >= 15 is 0 Å². The van der Waals surface area contributed by atoms with E-state index in [1.165, 1.54) is 66.7 Å². The molecule has 9 N–H and O–H groups in total. The van der Waals surface area contributed by atoms with E-state index in [9.17, 15) is 36.9 Å². The summed E-state index contributed by atoms with van der Waals surface area (Å²) in [5, 5.41) is 96.2. The van der Waals surface area contributed by atoms with E-state index < -0.39 is 50.1 Å². The van der Waals surface area contributed by atoms with Crippen molar-refractivity contribution in [3.8, 4) is 11.5 Å². The SMILES string of the molecule is Nc1ccc(N=Nc2ccc3cc(SOOO)c(N=Nc4cc(SOOO)cc5cc(SOOO)c(N=Nc6ccc(S(=O)(=O)CCOS(=O)(=O)O)cc6)c(O)c45)c(O)c3c2)cc1C(=O)O. The molecule has 346 valence electrons. The number of benzene rings is 6. The zero-order valence-electron chi connectivity index (χ0n) is 32.3. The molecule has 0 aliphatic rings. The molecular formula is C35H27N7O19S5. The lowest BCUT2D eigenvalue weighted by Crippen LogP contribution is -2.15. The molecule has 0 saturated carbocycles. The third-order valence-electron chi connectivity index (χ3n) is 8.46. The van der Waals surface area contributed by atoms with Gasteiger partial charge in [-0.15, -0.1) is 28.3 Å². The van der Waals surface area contributed by atoms with Gasteiger partial charge in [-0.05, 0) is 89.6 Å². The van der Waals surface area contributed by atoms with Crippen LogP contribution >= 0.6 is 36.1 Å². The summed E-state index contributed by atoms with van der Waals surface area (Å²) >= 11 is 1.27. The van der Waals surface area contributed by atoms with Crippen molar-refractivity contribution in [2.24, 2.45) is 30.7 Å². The highest BCUT2D eigenvalue weighted by atomic mass is 32.3. The van der Waals surface area contributed by atoms with Crippen LogP contribution in [-0.2, 0) is 52.5 Å². The number of azo groups is 3. The number of nitrogens with two attached hydrogens (primary N) is 1. The number of anilines is 1. The lowest BCUT2D eigenvalue weighted by Gasteiger charge is -2.12. The fourth-order valence-electron chi connectivity index (χ4n) is 5.64. The molecule has 0 bridgehead atoms. The van der Waals surface area contributed by atoms with Crippen molar-refractivity contribution in [2.75, 3.05) is 18.1 Å². The van der Waals surface area contributed by atoms with Gasteiger partial charge in [-0.25, -0.2) is 33.2 Å². The maximum Gasteiger partial charge on any atom is 0.397 e. The van der Waals surface area contributed by atoms with Gasteiger partial charge in [0, 0.05) is 16.0 Å². The summed E-state index contributed by atoms with van der Waals surface area (Å²) in [7, 11) is -8.96. The Kier molecular flexibility index (Phi) is 16.5. The fourth-order valence-corrected chi connectivity index (χ4v) is 8.56. The fraction of sp³-hybridized carbons (Fsp3) is 0.0571.